The number of nitrogens with zero attached hydrogens (tertiary/aromatic N) is 4. The Balaban J connectivity index is 1.01. The number of amides is 1. The van der Waals surface area contributed by atoms with E-state index in [1.165, 1.54) is 28.7 Å². The molecule has 0 radical (unpaired) electrons. The molecule has 180 valence electrons. The van der Waals surface area contributed by atoms with Gasteiger partial charge in [0.05, 0.1) is 5.75 Å². The quantitative estimate of drug-likeness (QED) is 0.351. The maximum absolute atomic E-state index is 13.0. The SMILES string of the molecule is Cc1ccc2oc(SCc3nc(C(=O)N4CCN(Cc5ccc6c(c5)OCO6)CC4)cs3)nc2c1. The number of aryl methyl sites for hydroxylation is 1. The van der Waals surface area contributed by atoms with E-state index in [0.717, 1.165) is 52.8 Å². The minimum absolute atomic E-state index is 0.00225. The summed E-state index contributed by atoms with van der Waals surface area (Å²) in [7, 11) is 0. The fourth-order valence-corrected chi connectivity index (χ4v) is 5.87. The van der Waals surface area contributed by atoms with Crippen LogP contribution in [0.5, 0.6) is 11.5 Å². The van der Waals surface area contributed by atoms with Gasteiger partial charge in [0.2, 0.25) is 6.79 Å². The molecule has 35 heavy (non-hydrogen) atoms. The highest BCUT2D eigenvalue weighted by Crippen LogP contribution is 2.33. The predicted molar refractivity (Wildman–Crippen MR) is 134 cm³/mol. The van der Waals surface area contributed by atoms with Gasteiger partial charge in [0.15, 0.2) is 17.1 Å². The molecule has 1 amide bonds. The molecule has 1 saturated heterocycles. The number of oxazole rings is 1. The van der Waals surface area contributed by atoms with Gasteiger partial charge in [-0.3, -0.25) is 9.69 Å². The second-order valence-electron chi connectivity index (χ2n) is 8.62. The van der Waals surface area contributed by atoms with E-state index in [9.17, 15) is 4.79 Å². The van der Waals surface area contributed by atoms with Crippen molar-refractivity contribution < 1.29 is 18.7 Å². The lowest BCUT2D eigenvalue weighted by Crippen LogP contribution is -2.48. The van der Waals surface area contributed by atoms with Crippen molar-refractivity contribution in [3.8, 4) is 11.5 Å². The van der Waals surface area contributed by atoms with Crippen molar-refractivity contribution in [1.82, 2.24) is 19.8 Å². The number of fused-ring (bicyclic) bond motifs is 2. The summed E-state index contributed by atoms with van der Waals surface area (Å²) in [6, 6.07) is 12.0. The van der Waals surface area contributed by atoms with Crippen molar-refractivity contribution in [1.29, 1.82) is 0 Å². The van der Waals surface area contributed by atoms with Crippen molar-refractivity contribution in [3.05, 3.63) is 63.6 Å². The van der Waals surface area contributed by atoms with Crippen LogP contribution in [0.2, 0.25) is 0 Å². The van der Waals surface area contributed by atoms with E-state index in [-0.39, 0.29) is 12.7 Å². The average molecular weight is 509 g/mol. The van der Waals surface area contributed by atoms with Crippen LogP contribution >= 0.6 is 23.1 Å². The first kappa shape index (κ1) is 22.4. The number of rotatable bonds is 6. The number of thiazole rings is 1. The Hall–Kier alpha value is -3.08. The summed E-state index contributed by atoms with van der Waals surface area (Å²) in [5.74, 6) is 2.22. The molecule has 6 rings (SSSR count). The molecule has 2 aliphatic heterocycles. The van der Waals surface area contributed by atoms with Crippen molar-refractivity contribution in [2.45, 2.75) is 24.4 Å². The topological polar surface area (TPSA) is 80.9 Å². The third-order valence-corrected chi connectivity index (χ3v) is 7.99. The van der Waals surface area contributed by atoms with Gasteiger partial charge >= 0.3 is 0 Å². The molecule has 0 saturated carbocycles. The number of ether oxygens (including phenoxy) is 2. The first-order chi connectivity index (χ1) is 17.1. The third-order valence-electron chi connectivity index (χ3n) is 6.12. The summed E-state index contributed by atoms with van der Waals surface area (Å²) in [5.41, 5.74) is 4.50. The summed E-state index contributed by atoms with van der Waals surface area (Å²) in [6.07, 6.45) is 0. The Morgan fingerprint density at radius 3 is 2.80 bits per heavy atom. The molecular formula is C25H24N4O4S2. The van der Waals surface area contributed by atoms with Crippen molar-refractivity contribution in [2.24, 2.45) is 0 Å². The van der Waals surface area contributed by atoms with Gasteiger partial charge in [0.1, 0.15) is 16.2 Å². The number of hydrogen-bond donors (Lipinski definition) is 0. The van der Waals surface area contributed by atoms with Crippen LogP contribution in [0.1, 0.15) is 26.6 Å². The van der Waals surface area contributed by atoms with Gasteiger partial charge in [-0.15, -0.1) is 11.3 Å². The molecule has 10 heteroatoms. The smallest absolute Gasteiger partial charge is 0.273 e. The first-order valence-corrected chi connectivity index (χ1v) is 13.3. The number of aromatic nitrogens is 2. The zero-order valence-corrected chi connectivity index (χ0v) is 20.9. The van der Waals surface area contributed by atoms with Gasteiger partial charge in [-0.2, -0.15) is 0 Å². The number of piperazine rings is 1. The molecule has 2 aromatic carbocycles. The van der Waals surface area contributed by atoms with Gasteiger partial charge in [0.25, 0.3) is 11.1 Å². The number of benzene rings is 2. The Morgan fingerprint density at radius 2 is 1.91 bits per heavy atom. The van der Waals surface area contributed by atoms with Gasteiger partial charge in [-0.1, -0.05) is 23.9 Å². The summed E-state index contributed by atoms with van der Waals surface area (Å²) < 4.78 is 16.7. The number of carbonyl (C=O) groups is 1. The van der Waals surface area contributed by atoms with Gasteiger partial charge in [-0.05, 0) is 42.3 Å². The zero-order chi connectivity index (χ0) is 23.8. The molecular weight excluding hydrogens is 484 g/mol. The van der Waals surface area contributed by atoms with Gasteiger partial charge < -0.3 is 18.8 Å². The monoisotopic (exact) mass is 508 g/mol. The molecule has 0 bridgehead atoms. The van der Waals surface area contributed by atoms with Crippen molar-refractivity contribution >= 4 is 40.1 Å². The van der Waals surface area contributed by atoms with Crippen LogP contribution < -0.4 is 9.47 Å². The standard InChI is InChI=1S/C25H24N4O4S2/c1-16-2-4-20-18(10-16)27-25(33-20)35-14-23-26-19(13-34-23)24(30)29-8-6-28(7-9-29)12-17-3-5-21-22(11-17)32-15-31-21/h2-5,10-11,13H,6-9,12,14-15H2,1H3. The summed E-state index contributed by atoms with van der Waals surface area (Å²) >= 11 is 3.00. The zero-order valence-electron chi connectivity index (χ0n) is 19.2. The third kappa shape index (κ3) is 4.86. The average Bonchev–Trinajstić information content (AvgIpc) is 3.61. The van der Waals surface area contributed by atoms with Crippen molar-refractivity contribution in [2.75, 3.05) is 33.0 Å². The Kier molecular flexibility index (Phi) is 6.09. The molecule has 0 aliphatic carbocycles. The minimum atomic E-state index is -0.00225. The summed E-state index contributed by atoms with van der Waals surface area (Å²) in [6.45, 7) is 6.17. The Bertz CT molecular complexity index is 1380. The number of thioether (sulfide) groups is 1. The Labute approximate surface area is 210 Å². The summed E-state index contributed by atoms with van der Waals surface area (Å²) in [5, 5.41) is 3.36. The van der Waals surface area contributed by atoms with Crippen molar-refractivity contribution in [3.63, 3.8) is 0 Å². The normalized spacial score (nSPS) is 15.7. The highest BCUT2D eigenvalue weighted by Gasteiger charge is 2.24. The van der Waals surface area contributed by atoms with Crippen LogP contribution in [0.4, 0.5) is 0 Å². The number of hydrogen-bond acceptors (Lipinski definition) is 9. The molecule has 2 aliphatic rings. The highest BCUT2D eigenvalue weighted by atomic mass is 32.2. The maximum atomic E-state index is 13.0. The van der Waals surface area contributed by atoms with Gasteiger partial charge in [-0.25, -0.2) is 9.97 Å². The second-order valence-corrected chi connectivity index (χ2v) is 10.5. The van der Waals surface area contributed by atoms with E-state index >= 15 is 0 Å². The lowest BCUT2D eigenvalue weighted by molar-refractivity contribution is 0.0623. The number of carbonyl (C=O) groups excluding carboxylic acids is 1. The fraction of sp³-hybridized carbons (Fsp3) is 0.320. The van der Waals surface area contributed by atoms with E-state index < -0.39 is 0 Å². The molecule has 4 heterocycles. The van der Waals surface area contributed by atoms with E-state index in [1.807, 2.05) is 47.5 Å². The maximum Gasteiger partial charge on any atom is 0.273 e. The highest BCUT2D eigenvalue weighted by molar-refractivity contribution is 7.98. The van der Waals surface area contributed by atoms with E-state index in [2.05, 4.69) is 20.9 Å². The molecule has 8 nitrogen and oxygen atoms in total. The van der Waals surface area contributed by atoms with Crippen LogP contribution in [-0.4, -0.2) is 58.6 Å². The van der Waals surface area contributed by atoms with E-state index in [4.69, 9.17) is 13.9 Å². The predicted octanol–water partition coefficient (Wildman–Crippen LogP) is 4.57. The van der Waals surface area contributed by atoms with Crippen LogP contribution in [0, 0.1) is 6.92 Å². The molecule has 0 spiro atoms. The second kappa shape index (κ2) is 9.52. The lowest BCUT2D eigenvalue weighted by atomic mass is 10.1. The fourth-order valence-electron chi connectivity index (χ4n) is 4.25. The molecule has 0 unspecified atom stereocenters. The van der Waals surface area contributed by atoms with Crippen LogP contribution in [-0.2, 0) is 12.3 Å². The molecule has 2 aromatic heterocycles. The molecule has 4 aromatic rings. The van der Waals surface area contributed by atoms with E-state index in [0.29, 0.717) is 29.8 Å². The first-order valence-electron chi connectivity index (χ1n) is 11.5. The van der Waals surface area contributed by atoms with E-state index in [1.54, 1.807) is 0 Å². The molecule has 0 atom stereocenters. The molecule has 1 fully saturated rings. The van der Waals surface area contributed by atoms with Crippen LogP contribution in [0.15, 0.2) is 51.4 Å². The largest absolute Gasteiger partial charge is 0.454 e. The summed E-state index contributed by atoms with van der Waals surface area (Å²) in [4.78, 5) is 26.4. The van der Waals surface area contributed by atoms with Gasteiger partial charge in [0, 0.05) is 38.1 Å². The molecule has 0 N–H and O–H groups in total. The van der Waals surface area contributed by atoms with Crippen LogP contribution in [0.3, 0.4) is 0 Å². The minimum Gasteiger partial charge on any atom is -0.454 e. The Morgan fingerprint density at radius 1 is 1.06 bits per heavy atom. The lowest BCUT2D eigenvalue weighted by Gasteiger charge is -2.34. The van der Waals surface area contributed by atoms with Crippen LogP contribution in [0.25, 0.3) is 11.1 Å².